The first-order chi connectivity index (χ1) is 24.6. The summed E-state index contributed by atoms with van der Waals surface area (Å²) < 4.78 is 0. The Hall–Kier alpha value is -6.24. The standard InChI is InChI=1S/C50H38/c1-35-14-12-21-40(26-35)46-29-47(42-23-13-22-41(27-42)37-15-6-3-7-16-37)31-48(30-46)43-25-24-36(2)50(34-43)49-32-44(38-17-8-4-9-18-38)28-45(33-49)39-19-10-5-11-20-39/h3-34H,1-2H3. The molecule has 0 N–H and O–H groups in total. The minimum atomic E-state index is 1.20. The van der Waals surface area contributed by atoms with Crippen molar-refractivity contribution in [1.82, 2.24) is 0 Å². The Kier molecular flexibility index (Phi) is 8.51. The zero-order valence-electron chi connectivity index (χ0n) is 28.5. The third kappa shape index (κ3) is 6.57. The van der Waals surface area contributed by atoms with Crippen LogP contribution in [0.3, 0.4) is 0 Å². The SMILES string of the molecule is Cc1cccc(-c2cc(-c3cccc(-c4ccccc4)c3)cc(-c3ccc(C)c(-c4cc(-c5ccccc5)cc(-c5ccccc5)c4)c3)c2)c1. The molecule has 0 atom stereocenters. The predicted molar refractivity (Wildman–Crippen MR) is 214 cm³/mol. The summed E-state index contributed by atoms with van der Waals surface area (Å²) in [6.07, 6.45) is 0. The molecule has 238 valence electrons. The second-order valence-electron chi connectivity index (χ2n) is 13.2. The molecule has 8 aromatic carbocycles. The highest BCUT2D eigenvalue weighted by Crippen LogP contribution is 2.39. The molecule has 50 heavy (non-hydrogen) atoms. The molecule has 0 nitrogen and oxygen atoms in total. The number of hydrogen-bond donors (Lipinski definition) is 0. The summed E-state index contributed by atoms with van der Waals surface area (Å²) in [4.78, 5) is 0. The Balaban J connectivity index is 1.29. The smallest absolute Gasteiger partial charge is 0.0148 e. The van der Waals surface area contributed by atoms with Crippen LogP contribution >= 0.6 is 0 Å². The van der Waals surface area contributed by atoms with Crippen molar-refractivity contribution in [2.75, 3.05) is 0 Å². The largest absolute Gasteiger partial charge is 0.0622 e. The molecular formula is C50H38. The van der Waals surface area contributed by atoms with Crippen molar-refractivity contribution in [2.45, 2.75) is 13.8 Å². The molecule has 0 unspecified atom stereocenters. The third-order valence-corrected chi connectivity index (χ3v) is 9.62. The Morgan fingerprint density at radius 2 is 0.560 bits per heavy atom. The van der Waals surface area contributed by atoms with Gasteiger partial charge in [-0.15, -0.1) is 0 Å². The number of benzene rings is 8. The van der Waals surface area contributed by atoms with Crippen LogP contribution in [0.2, 0.25) is 0 Å². The summed E-state index contributed by atoms with van der Waals surface area (Å²) in [6.45, 7) is 4.39. The molecule has 0 fully saturated rings. The molecule has 0 saturated heterocycles. The maximum Gasteiger partial charge on any atom is -0.0148 e. The molecular weight excluding hydrogens is 601 g/mol. The minimum absolute atomic E-state index is 1.20. The molecule has 0 saturated carbocycles. The van der Waals surface area contributed by atoms with Gasteiger partial charge in [0.15, 0.2) is 0 Å². The highest BCUT2D eigenvalue weighted by atomic mass is 14.2. The van der Waals surface area contributed by atoms with Gasteiger partial charge in [-0.1, -0.05) is 151 Å². The first-order valence-corrected chi connectivity index (χ1v) is 17.3. The van der Waals surface area contributed by atoms with Gasteiger partial charge in [0, 0.05) is 0 Å². The topological polar surface area (TPSA) is 0 Å². The van der Waals surface area contributed by atoms with E-state index < -0.39 is 0 Å². The summed E-state index contributed by atoms with van der Waals surface area (Å²) in [5, 5.41) is 0. The van der Waals surface area contributed by atoms with Gasteiger partial charge in [-0.25, -0.2) is 0 Å². The summed E-state index contributed by atoms with van der Waals surface area (Å²) >= 11 is 0. The van der Waals surface area contributed by atoms with E-state index in [4.69, 9.17) is 0 Å². The molecule has 0 aliphatic heterocycles. The van der Waals surface area contributed by atoms with Gasteiger partial charge in [0.1, 0.15) is 0 Å². The van der Waals surface area contributed by atoms with Gasteiger partial charge in [-0.3, -0.25) is 0 Å². The van der Waals surface area contributed by atoms with Gasteiger partial charge in [-0.05, 0) is 146 Å². The molecule has 0 bridgehead atoms. The Bertz CT molecular complexity index is 2360. The van der Waals surface area contributed by atoms with Crippen molar-refractivity contribution in [3.8, 4) is 77.9 Å². The van der Waals surface area contributed by atoms with E-state index in [1.165, 1.54) is 89.0 Å². The molecule has 0 aliphatic rings. The van der Waals surface area contributed by atoms with Crippen molar-refractivity contribution >= 4 is 0 Å². The first-order valence-electron chi connectivity index (χ1n) is 17.3. The lowest BCUT2D eigenvalue weighted by Crippen LogP contribution is -1.91. The van der Waals surface area contributed by atoms with Crippen molar-refractivity contribution in [3.05, 3.63) is 205 Å². The monoisotopic (exact) mass is 638 g/mol. The van der Waals surface area contributed by atoms with E-state index in [0.29, 0.717) is 0 Å². The molecule has 0 heterocycles. The average Bonchev–Trinajstić information content (AvgIpc) is 3.19. The van der Waals surface area contributed by atoms with Crippen molar-refractivity contribution in [1.29, 1.82) is 0 Å². The van der Waals surface area contributed by atoms with Gasteiger partial charge >= 0.3 is 0 Å². The van der Waals surface area contributed by atoms with E-state index in [9.17, 15) is 0 Å². The highest BCUT2D eigenvalue weighted by molar-refractivity contribution is 5.87. The summed E-state index contributed by atoms with van der Waals surface area (Å²) in [5.74, 6) is 0. The van der Waals surface area contributed by atoms with Gasteiger partial charge in [-0.2, -0.15) is 0 Å². The van der Waals surface area contributed by atoms with Gasteiger partial charge in [0.25, 0.3) is 0 Å². The molecule has 0 radical (unpaired) electrons. The lowest BCUT2D eigenvalue weighted by Gasteiger charge is -2.16. The van der Waals surface area contributed by atoms with E-state index in [0.717, 1.165) is 0 Å². The first kappa shape index (κ1) is 31.1. The van der Waals surface area contributed by atoms with Crippen molar-refractivity contribution < 1.29 is 0 Å². The van der Waals surface area contributed by atoms with Crippen LogP contribution in [-0.2, 0) is 0 Å². The zero-order chi connectivity index (χ0) is 33.9. The lowest BCUT2D eigenvalue weighted by atomic mass is 9.88. The van der Waals surface area contributed by atoms with E-state index in [2.05, 4.69) is 208 Å². The Labute approximate surface area is 296 Å². The Morgan fingerprint density at radius 3 is 1.06 bits per heavy atom. The van der Waals surface area contributed by atoms with Crippen LogP contribution in [0.1, 0.15) is 11.1 Å². The van der Waals surface area contributed by atoms with Crippen LogP contribution in [0.4, 0.5) is 0 Å². The Morgan fingerprint density at radius 1 is 0.220 bits per heavy atom. The quantitative estimate of drug-likeness (QED) is 0.163. The van der Waals surface area contributed by atoms with Gasteiger partial charge < -0.3 is 0 Å². The number of aryl methyl sites for hydroxylation is 2. The molecule has 0 spiro atoms. The van der Waals surface area contributed by atoms with E-state index >= 15 is 0 Å². The molecule has 0 aliphatic carbocycles. The summed E-state index contributed by atoms with van der Waals surface area (Å²) in [6, 6.07) is 70.8. The molecule has 8 aromatic rings. The molecule has 8 rings (SSSR count). The van der Waals surface area contributed by atoms with Crippen LogP contribution in [0.25, 0.3) is 77.9 Å². The third-order valence-electron chi connectivity index (χ3n) is 9.62. The zero-order valence-corrected chi connectivity index (χ0v) is 28.5. The fraction of sp³-hybridized carbons (Fsp3) is 0.0400. The lowest BCUT2D eigenvalue weighted by molar-refractivity contribution is 1.45. The number of rotatable bonds is 7. The van der Waals surface area contributed by atoms with Crippen LogP contribution in [-0.4, -0.2) is 0 Å². The predicted octanol–water partition coefficient (Wildman–Crippen LogP) is 14.0. The van der Waals surface area contributed by atoms with Crippen LogP contribution < -0.4 is 0 Å². The van der Waals surface area contributed by atoms with E-state index in [-0.39, 0.29) is 0 Å². The maximum absolute atomic E-state index is 2.38. The van der Waals surface area contributed by atoms with Crippen molar-refractivity contribution in [3.63, 3.8) is 0 Å². The normalized spacial score (nSPS) is 11.0. The molecule has 0 aromatic heterocycles. The van der Waals surface area contributed by atoms with Gasteiger partial charge in [0.2, 0.25) is 0 Å². The molecule has 0 heteroatoms. The average molecular weight is 639 g/mol. The van der Waals surface area contributed by atoms with Crippen LogP contribution in [0.15, 0.2) is 194 Å². The van der Waals surface area contributed by atoms with Crippen LogP contribution in [0.5, 0.6) is 0 Å². The highest BCUT2D eigenvalue weighted by Gasteiger charge is 2.13. The van der Waals surface area contributed by atoms with Gasteiger partial charge in [0.05, 0.1) is 0 Å². The second kappa shape index (κ2) is 13.7. The van der Waals surface area contributed by atoms with E-state index in [1.807, 2.05) is 0 Å². The fourth-order valence-electron chi connectivity index (χ4n) is 6.95. The maximum atomic E-state index is 2.38. The minimum Gasteiger partial charge on any atom is -0.0622 e. The second-order valence-corrected chi connectivity index (χ2v) is 13.2. The van der Waals surface area contributed by atoms with E-state index in [1.54, 1.807) is 0 Å². The number of hydrogen-bond acceptors (Lipinski definition) is 0. The summed E-state index contributed by atoms with van der Waals surface area (Å²) in [7, 11) is 0. The summed E-state index contributed by atoms with van der Waals surface area (Å²) in [5.41, 5.74) is 19.5. The fourth-order valence-corrected chi connectivity index (χ4v) is 6.95. The van der Waals surface area contributed by atoms with Crippen molar-refractivity contribution in [2.24, 2.45) is 0 Å². The molecule has 0 amide bonds. The van der Waals surface area contributed by atoms with Crippen LogP contribution in [0, 0.1) is 13.8 Å².